The Labute approximate surface area is 137 Å². The third-order valence-electron chi connectivity index (χ3n) is 3.26. The molecule has 2 aromatic rings. The van der Waals surface area contributed by atoms with E-state index in [-0.39, 0.29) is 30.3 Å². The maximum atomic E-state index is 12.0. The Bertz CT molecular complexity index is 771. The fourth-order valence-corrected chi connectivity index (χ4v) is 2.07. The van der Waals surface area contributed by atoms with Gasteiger partial charge in [-0.25, -0.2) is 4.68 Å². The van der Waals surface area contributed by atoms with Gasteiger partial charge in [0.05, 0.1) is 10.6 Å². The summed E-state index contributed by atoms with van der Waals surface area (Å²) in [5.74, 6) is -1.56. The van der Waals surface area contributed by atoms with Crippen molar-refractivity contribution in [3.63, 3.8) is 0 Å². The van der Waals surface area contributed by atoms with Gasteiger partial charge >= 0.3 is 5.97 Å². The Morgan fingerprint density at radius 1 is 1.42 bits per heavy atom. The van der Waals surface area contributed by atoms with Crippen LogP contribution in [0.25, 0.3) is 5.69 Å². The minimum Gasteiger partial charge on any atom is -0.481 e. The van der Waals surface area contributed by atoms with Gasteiger partial charge in [-0.3, -0.25) is 19.7 Å². The number of non-ortho nitro benzene ring substituents is 1. The number of carbonyl (C=O) groups excluding carboxylic acids is 1. The van der Waals surface area contributed by atoms with Gasteiger partial charge in [0.15, 0.2) is 5.69 Å². The molecule has 1 aromatic heterocycles. The first-order valence-corrected chi connectivity index (χ1v) is 7.17. The summed E-state index contributed by atoms with van der Waals surface area (Å²) < 4.78 is 1.36. The number of carboxylic acid groups (broad SMARTS) is 1. The normalized spacial score (nSPS) is 11.7. The van der Waals surface area contributed by atoms with Crippen molar-refractivity contribution in [3.05, 3.63) is 52.3 Å². The first-order valence-electron chi connectivity index (χ1n) is 7.17. The number of carbonyl (C=O) groups is 2. The molecule has 1 atom stereocenters. The standard InChI is InChI=1S/C15H16N4O5/c1-10(7-14(20)21)9-16-15(22)13-5-6-18(17-13)11-3-2-4-12(8-11)19(23)24/h2-6,8,10H,7,9H2,1H3,(H,16,22)(H,20,21). The molecule has 24 heavy (non-hydrogen) atoms. The van der Waals surface area contributed by atoms with Crippen LogP contribution in [0.1, 0.15) is 23.8 Å². The number of hydrogen-bond acceptors (Lipinski definition) is 5. The lowest BCUT2D eigenvalue weighted by Crippen LogP contribution is -2.29. The number of benzene rings is 1. The summed E-state index contributed by atoms with van der Waals surface area (Å²) in [6.07, 6.45) is 1.48. The topological polar surface area (TPSA) is 127 Å². The van der Waals surface area contributed by atoms with E-state index in [9.17, 15) is 19.7 Å². The molecule has 0 saturated heterocycles. The molecule has 1 aromatic carbocycles. The number of nitro groups is 1. The highest BCUT2D eigenvalue weighted by Gasteiger charge is 2.14. The van der Waals surface area contributed by atoms with Gasteiger partial charge in [-0.2, -0.15) is 5.10 Å². The molecular formula is C15H16N4O5. The van der Waals surface area contributed by atoms with Gasteiger partial charge in [-0.1, -0.05) is 13.0 Å². The van der Waals surface area contributed by atoms with Crippen molar-refractivity contribution >= 4 is 17.6 Å². The molecule has 0 aliphatic carbocycles. The number of rotatable bonds is 7. The van der Waals surface area contributed by atoms with E-state index in [0.29, 0.717) is 5.69 Å². The third kappa shape index (κ3) is 4.38. The lowest BCUT2D eigenvalue weighted by molar-refractivity contribution is -0.384. The van der Waals surface area contributed by atoms with Crippen LogP contribution in [0, 0.1) is 16.0 Å². The van der Waals surface area contributed by atoms with Gasteiger partial charge in [-0.15, -0.1) is 0 Å². The number of nitrogens with one attached hydrogen (secondary N) is 1. The molecule has 0 spiro atoms. The molecule has 1 amide bonds. The molecule has 126 valence electrons. The quantitative estimate of drug-likeness (QED) is 0.586. The van der Waals surface area contributed by atoms with E-state index in [0.717, 1.165) is 0 Å². The molecule has 2 rings (SSSR count). The van der Waals surface area contributed by atoms with Crippen LogP contribution in [0.3, 0.4) is 0 Å². The number of aromatic nitrogens is 2. The van der Waals surface area contributed by atoms with Crippen molar-refractivity contribution in [2.24, 2.45) is 5.92 Å². The zero-order chi connectivity index (χ0) is 17.7. The number of nitro benzene ring substituents is 1. The summed E-state index contributed by atoms with van der Waals surface area (Å²) in [4.78, 5) is 32.9. The summed E-state index contributed by atoms with van der Waals surface area (Å²) in [5, 5.41) is 26.2. The van der Waals surface area contributed by atoms with Crippen LogP contribution in [0.15, 0.2) is 36.5 Å². The van der Waals surface area contributed by atoms with Crippen LogP contribution in [0.5, 0.6) is 0 Å². The molecule has 0 radical (unpaired) electrons. The van der Waals surface area contributed by atoms with Gasteiger partial charge in [0, 0.05) is 31.3 Å². The predicted octanol–water partition coefficient (Wildman–Crippen LogP) is 1.62. The molecule has 9 nitrogen and oxygen atoms in total. The van der Waals surface area contributed by atoms with Gasteiger partial charge in [0.2, 0.25) is 0 Å². The Balaban J connectivity index is 2.05. The average molecular weight is 332 g/mol. The molecule has 0 bridgehead atoms. The number of nitrogens with zero attached hydrogens (tertiary/aromatic N) is 3. The number of aliphatic carboxylic acids is 1. The molecule has 0 aliphatic heterocycles. The van der Waals surface area contributed by atoms with Crippen LogP contribution in [0.4, 0.5) is 5.69 Å². The number of hydrogen-bond donors (Lipinski definition) is 2. The van der Waals surface area contributed by atoms with Crippen molar-refractivity contribution in [2.75, 3.05) is 6.54 Å². The smallest absolute Gasteiger partial charge is 0.303 e. The average Bonchev–Trinajstić information content (AvgIpc) is 3.02. The van der Waals surface area contributed by atoms with Crippen molar-refractivity contribution < 1.29 is 19.6 Å². The van der Waals surface area contributed by atoms with E-state index in [1.165, 1.54) is 35.1 Å². The van der Waals surface area contributed by atoms with Gasteiger partial charge in [-0.05, 0) is 18.1 Å². The minimum atomic E-state index is -0.924. The molecule has 2 N–H and O–H groups in total. The summed E-state index contributed by atoms with van der Waals surface area (Å²) in [6, 6.07) is 7.36. The molecular weight excluding hydrogens is 316 g/mol. The second-order valence-corrected chi connectivity index (χ2v) is 5.34. The molecule has 1 unspecified atom stereocenters. The fraction of sp³-hybridized carbons (Fsp3) is 0.267. The first-order chi connectivity index (χ1) is 11.4. The zero-order valence-corrected chi connectivity index (χ0v) is 12.9. The second kappa shape index (κ2) is 7.36. The van der Waals surface area contributed by atoms with Crippen LogP contribution in [-0.2, 0) is 4.79 Å². The lowest BCUT2D eigenvalue weighted by Gasteiger charge is -2.09. The summed E-state index contributed by atoms with van der Waals surface area (Å²) >= 11 is 0. The van der Waals surface area contributed by atoms with E-state index in [1.54, 1.807) is 13.0 Å². The summed E-state index contributed by atoms with van der Waals surface area (Å²) in [5.41, 5.74) is 0.531. The number of amides is 1. The van der Waals surface area contributed by atoms with Crippen LogP contribution in [-0.4, -0.2) is 38.2 Å². The predicted molar refractivity (Wildman–Crippen MR) is 84.0 cm³/mol. The monoisotopic (exact) mass is 332 g/mol. The van der Waals surface area contributed by atoms with Gasteiger partial charge < -0.3 is 10.4 Å². The van der Waals surface area contributed by atoms with Crippen LogP contribution >= 0.6 is 0 Å². The van der Waals surface area contributed by atoms with Crippen molar-refractivity contribution in [1.82, 2.24) is 15.1 Å². The lowest BCUT2D eigenvalue weighted by atomic mass is 10.1. The first kappa shape index (κ1) is 17.1. The van der Waals surface area contributed by atoms with Crippen molar-refractivity contribution in [1.29, 1.82) is 0 Å². The Hall–Kier alpha value is -3.23. The minimum absolute atomic E-state index is 0.0393. The fourth-order valence-electron chi connectivity index (χ4n) is 2.07. The largest absolute Gasteiger partial charge is 0.481 e. The zero-order valence-electron chi connectivity index (χ0n) is 12.9. The van der Waals surface area contributed by atoms with E-state index in [2.05, 4.69) is 10.4 Å². The van der Waals surface area contributed by atoms with Crippen LogP contribution < -0.4 is 5.32 Å². The highest BCUT2D eigenvalue weighted by Crippen LogP contribution is 2.16. The SMILES string of the molecule is CC(CNC(=O)c1ccn(-c2cccc([N+](=O)[O-])c2)n1)CC(=O)O. The van der Waals surface area contributed by atoms with E-state index in [4.69, 9.17) is 5.11 Å². The van der Waals surface area contributed by atoms with Gasteiger partial charge in [0.1, 0.15) is 0 Å². The molecule has 1 heterocycles. The Kier molecular flexibility index (Phi) is 5.25. The Morgan fingerprint density at radius 2 is 2.17 bits per heavy atom. The van der Waals surface area contributed by atoms with Crippen LogP contribution in [0.2, 0.25) is 0 Å². The Morgan fingerprint density at radius 3 is 2.83 bits per heavy atom. The maximum Gasteiger partial charge on any atom is 0.303 e. The maximum absolute atomic E-state index is 12.0. The van der Waals surface area contributed by atoms with Gasteiger partial charge in [0.25, 0.3) is 11.6 Å². The summed E-state index contributed by atoms with van der Waals surface area (Å²) in [7, 11) is 0. The van der Waals surface area contributed by atoms with E-state index < -0.39 is 16.8 Å². The highest BCUT2D eigenvalue weighted by atomic mass is 16.6. The van der Waals surface area contributed by atoms with E-state index in [1.807, 2.05) is 0 Å². The third-order valence-corrected chi connectivity index (χ3v) is 3.26. The van der Waals surface area contributed by atoms with Crippen molar-refractivity contribution in [2.45, 2.75) is 13.3 Å². The summed E-state index contributed by atoms with van der Waals surface area (Å²) in [6.45, 7) is 1.94. The highest BCUT2D eigenvalue weighted by molar-refractivity contribution is 5.92. The number of carboxylic acids is 1. The molecule has 9 heteroatoms. The van der Waals surface area contributed by atoms with E-state index >= 15 is 0 Å². The second-order valence-electron chi connectivity index (χ2n) is 5.34. The molecule has 0 saturated carbocycles. The van der Waals surface area contributed by atoms with Crippen molar-refractivity contribution in [3.8, 4) is 5.69 Å². The molecule has 0 fully saturated rings. The molecule has 0 aliphatic rings.